The Balaban J connectivity index is 1.68. The lowest BCUT2D eigenvalue weighted by Gasteiger charge is -2.37. The Hall–Kier alpha value is -3.32. The summed E-state index contributed by atoms with van der Waals surface area (Å²) in [7, 11) is 0. The van der Waals surface area contributed by atoms with Crippen LogP contribution in [-0.4, -0.2) is 28.5 Å². The number of nitrogens with one attached hydrogen (secondary N) is 1. The van der Waals surface area contributed by atoms with Gasteiger partial charge in [-0.2, -0.15) is 0 Å². The predicted octanol–water partition coefficient (Wildman–Crippen LogP) is 5.78. The summed E-state index contributed by atoms with van der Waals surface area (Å²) in [5, 5.41) is 5.74. The van der Waals surface area contributed by atoms with E-state index in [4.69, 9.17) is 9.73 Å². The summed E-state index contributed by atoms with van der Waals surface area (Å²) in [5.41, 5.74) is 6.10. The molecule has 36 heavy (non-hydrogen) atoms. The van der Waals surface area contributed by atoms with E-state index >= 15 is 0 Å². The van der Waals surface area contributed by atoms with Crippen molar-refractivity contribution in [3.05, 3.63) is 93.2 Å². The molecule has 0 bridgehead atoms. The lowest BCUT2D eigenvalue weighted by atomic mass is 9.90. The fourth-order valence-corrected chi connectivity index (χ4v) is 5.37. The highest BCUT2D eigenvalue weighted by molar-refractivity contribution is 8.16. The third-order valence-corrected chi connectivity index (χ3v) is 7.09. The van der Waals surface area contributed by atoms with E-state index in [1.165, 1.54) is 11.8 Å². The maximum atomic E-state index is 13.6. The van der Waals surface area contributed by atoms with Gasteiger partial charge >= 0.3 is 5.97 Å². The normalized spacial score (nSPS) is 17.1. The van der Waals surface area contributed by atoms with Crippen LogP contribution in [0.5, 0.6) is 0 Å². The molecule has 0 saturated heterocycles. The second kappa shape index (κ2) is 11.2. The van der Waals surface area contributed by atoms with E-state index in [0.29, 0.717) is 23.7 Å². The summed E-state index contributed by atoms with van der Waals surface area (Å²) in [6.07, 6.45) is 0.214. The standard InChI is InChI=1S/C29H33N3O3S/c1-18(2)15-30-25(33)14-23-17-36-29-31-21(5)26(28(34)35-16-22-9-7-6-8-10-22)27(32(23)29)24-12-11-19(3)13-20(24)4/h6-13,17-18,27H,14-16H2,1-5H3,(H,30,33). The first-order chi connectivity index (χ1) is 17.2. The molecule has 0 aliphatic carbocycles. The number of benzene rings is 2. The number of rotatable bonds is 8. The van der Waals surface area contributed by atoms with Crippen LogP contribution in [-0.2, 0) is 20.9 Å². The van der Waals surface area contributed by atoms with Crippen molar-refractivity contribution in [3.63, 3.8) is 0 Å². The second-order valence-corrected chi connectivity index (χ2v) is 10.5. The number of thioether (sulfide) groups is 1. The van der Waals surface area contributed by atoms with Crippen molar-refractivity contribution >= 4 is 28.8 Å². The van der Waals surface area contributed by atoms with Gasteiger partial charge in [0, 0.05) is 12.2 Å². The Morgan fingerprint density at radius 1 is 1.11 bits per heavy atom. The minimum Gasteiger partial charge on any atom is -0.457 e. The summed E-state index contributed by atoms with van der Waals surface area (Å²) >= 11 is 1.48. The zero-order valence-electron chi connectivity index (χ0n) is 21.5. The molecule has 6 nitrogen and oxygen atoms in total. The Bertz CT molecular complexity index is 1250. The quantitative estimate of drug-likeness (QED) is 0.462. The van der Waals surface area contributed by atoms with Crippen LogP contribution in [0.25, 0.3) is 0 Å². The zero-order chi connectivity index (χ0) is 25.8. The summed E-state index contributed by atoms with van der Waals surface area (Å²) in [4.78, 5) is 33.1. The first-order valence-corrected chi connectivity index (χ1v) is 13.1. The van der Waals surface area contributed by atoms with Crippen LogP contribution in [0.4, 0.5) is 0 Å². The number of hydrogen-bond acceptors (Lipinski definition) is 6. The van der Waals surface area contributed by atoms with Crippen molar-refractivity contribution < 1.29 is 14.3 Å². The number of nitrogens with zero attached hydrogens (tertiary/aromatic N) is 2. The summed E-state index contributed by atoms with van der Waals surface area (Å²) in [6, 6.07) is 15.4. The van der Waals surface area contributed by atoms with Gasteiger partial charge in [-0.25, -0.2) is 9.79 Å². The van der Waals surface area contributed by atoms with Crippen LogP contribution in [0.2, 0.25) is 0 Å². The van der Waals surface area contributed by atoms with Crippen molar-refractivity contribution in [2.75, 3.05) is 6.54 Å². The molecule has 1 unspecified atom stereocenters. The van der Waals surface area contributed by atoms with Crippen LogP contribution in [0, 0.1) is 19.8 Å². The molecule has 7 heteroatoms. The summed E-state index contributed by atoms with van der Waals surface area (Å²) in [6.45, 7) is 10.9. The van der Waals surface area contributed by atoms with Gasteiger partial charge in [0.15, 0.2) is 5.17 Å². The van der Waals surface area contributed by atoms with Crippen molar-refractivity contribution in [1.29, 1.82) is 0 Å². The highest BCUT2D eigenvalue weighted by Crippen LogP contribution is 2.45. The van der Waals surface area contributed by atoms with E-state index in [1.807, 2.05) is 47.6 Å². The lowest BCUT2D eigenvalue weighted by Crippen LogP contribution is -2.38. The van der Waals surface area contributed by atoms with E-state index in [9.17, 15) is 9.59 Å². The summed E-state index contributed by atoms with van der Waals surface area (Å²) in [5.74, 6) is -0.0761. The molecule has 0 fully saturated rings. The smallest absolute Gasteiger partial charge is 0.338 e. The molecule has 1 amide bonds. The number of carbonyl (C=O) groups is 2. The number of aliphatic imine (C=N–C) groups is 1. The fourth-order valence-electron chi connectivity index (χ4n) is 4.40. The van der Waals surface area contributed by atoms with Crippen LogP contribution in [0.15, 0.2) is 75.9 Å². The van der Waals surface area contributed by atoms with E-state index < -0.39 is 12.0 Å². The molecular formula is C29H33N3O3S. The predicted molar refractivity (Wildman–Crippen MR) is 145 cm³/mol. The Morgan fingerprint density at radius 3 is 2.56 bits per heavy atom. The highest BCUT2D eigenvalue weighted by Gasteiger charge is 2.41. The van der Waals surface area contributed by atoms with Crippen LogP contribution in [0.1, 0.15) is 55.5 Å². The maximum absolute atomic E-state index is 13.6. The molecule has 1 N–H and O–H groups in total. The third kappa shape index (κ3) is 5.73. The van der Waals surface area contributed by atoms with E-state index in [-0.39, 0.29) is 18.9 Å². The van der Waals surface area contributed by atoms with Crippen molar-refractivity contribution in [3.8, 4) is 0 Å². The second-order valence-electron chi connectivity index (χ2n) is 9.69. The molecular weight excluding hydrogens is 470 g/mol. The minimum absolute atomic E-state index is 0.0457. The average Bonchev–Trinajstić information content (AvgIpc) is 3.23. The van der Waals surface area contributed by atoms with Gasteiger partial charge in [0.05, 0.1) is 23.7 Å². The number of fused-ring (bicyclic) bond motifs is 1. The minimum atomic E-state index is -0.430. The molecule has 0 radical (unpaired) electrons. The van der Waals surface area contributed by atoms with Crippen LogP contribution < -0.4 is 5.32 Å². The highest BCUT2D eigenvalue weighted by atomic mass is 32.2. The molecule has 2 aliphatic heterocycles. The molecule has 2 heterocycles. The van der Waals surface area contributed by atoms with Crippen LogP contribution in [0.3, 0.4) is 0 Å². The fraction of sp³-hybridized carbons (Fsp3) is 0.345. The van der Waals surface area contributed by atoms with Crippen LogP contribution >= 0.6 is 11.8 Å². The van der Waals surface area contributed by atoms with E-state index in [0.717, 1.165) is 33.1 Å². The maximum Gasteiger partial charge on any atom is 0.338 e. The SMILES string of the molecule is CC1=C(C(=O)OCc2ccccc2)C(c2ccc(C)cc2C)N2C(CC(=O)NCC(C)C)=CSC2=N1. The monoisotopic (exact) mass is 503 g/mol. The van der Waals surface area contributed by atoms with Gasteiger partial charge in [-0.05, 0) is 48.8 Å². The largest absolute Gasteiger partial charge is 0.457 e. The van der Waals surface area contributed by atoms with Crippen molar-refractivity contribution in [2.45, 2.75) is 53.7 Å². The molecule has 0 aromatic heterocycles. The van der Waals surface area contributed by atoms with Gasteiger partial charge in [-0.15, -0.1) is 0 Å². The van der Waals surface area contributed by atoms with Gasteiger partial charge in [0.25, 0.3) is 0 Å². The number of carbonyl (C=O) groups excluding carboxylic acids is 2. The number of aryl methyl sites for hydroxylation is 2. The number of allylic oxidation sites excluding steroid dienone is 1. The molecule has 0 spiro atoms. The first-order valence-electron chi connectivity index (χ1n) is 12.2. The molecule has 188 valence electrons. The van der Waals surface area contributed by atoms with E-state index in [2.05, 4.69) is 51.2 Å². The molecule has 1 atom stereocenters. The topological polar surface area (TPSA) is 71.0 Å². The number of hydrogen-bond donors (Lipinski definition) is 1. The average molecular weight is 504 g/mol. The molecule has 0 saturated carbocycles. The van der Waals surface area contributed by atoms with E-state index in [1.54, 1.807) is 0 Å². The molecule has 2 aromatic rings. The Kier molecular flexibility index (Phi) is 7.99. The molecule has 4 rings (SSSR count). The number of amides is 1. The Morgan fingerprint density at radius 2 is 1.86 bits per heavy atom. The zero-order valence-corrected chi connectivity index (χ0v) is 22.3. The first kappa shape index (κ1) is 25.8. The van der Waals surface area contributed by atoms with Crippen molar-refractivity contribution in [1.82, 2.24) is 10.2 Å². The molecule has 2 aromatic carbocycles. The van der Waals surface area contributed by atoms with Gasteiger partial charge in [-0.3, -0.25) is 4.79 Å². The van der Waals surface area contributed by atoms with Gasteiger partial charge < -0.3 is 15.0 Å². The van der Waals surface area contributed by atoms with Gasteiger partial charge in [0.1, 0.15) is 6.61 Å². The lowest BCUT2D eigenvalue weighted by molar-refractivity contribution is -0.141. The van der Waals surface area contributed by atoms with Gasteiger partial charge in [-0.1, -0.05) is 79.7 Å². The van der Waals surface area contributed by atoms with Gasteiger partial charge in [0.2, 0.25) is 5.91 Å². The summed E-state index contributed by atoms with van der Waals surface area (Å²) < 4.78 is 5.78. The number of ether oxygens (including phenoxy) is 1. The number of amidine groups is 1. The van der Waals surface area contributed by atoms with Crippen molar-refractivity contribution in [2.24, 2.45) is 10.9 Å². The molecule has 2 aliphatic rings. The Labute approximate surface area is 217 Å². The number of esters is 1. The third-order valence-electron chi connectivity index (χ3n) is 6.20.